The lowest BCUT2D eigenvalue weighted by molar-refractivity contribution is -0.142. The van der Waals surface area contributed by atoms with Gasteiger partial charge in [-0.3, -0.25) is 9.69 Å². The van der Waals surface area contributed by atoms with Crippen LogP contribution in [0.25, 0.3) is 0 Å². The van der Waals surface area contributed by atoms with Crippen LogP contribution in [0.15, 0.2) is 48.5 Å². The van der Waals surface area contributed by atoms with Crippen LogP contribution in [-0.4, -0.2) is 41.7 Å². The molecule has 1 N–H and O–H groups in total. The molecule has 0 aromatic heterocycles. The fourth-order valence-electron chi connectivity index (χ4n) is 2.96. The minimum atomic E-state index is -0.762. The number of ether oxygens (including phenoxy) is 2. The van der Waals surface area contributed by atoms with Gasteiger partial charge in [0.05, 0.1) is 0 Å². The summed E-state index contributed by atoms with van der Waals surface area (Å²) in [6.07, 6.45) is 1.61. The van der Waals surface area contributed by atoms with Gasteiger partial charge in [0.25, 0.3) is 0 Å². The van der Waals surface area contributed by atoms with Crippen LogP contribution < -0.4 is 9.47 Å². The maximum atomic E-state index is 11.2. The summed E-state index contributed by atoms with van der Waals surface area (Å²) in [5, 5.41) is 9.82. The summed E-state index contributed by atoms with van der Waals surface area (Å²) in [7, 11) is 0. The lowest BCUT2D eigenvalue weighted by Gasteiger charge is -2.21. The number of para-hydroxylation sites is 2. The highest BCUT2D eigenvalue weighted by Crippen LogP contribution is 2.32. The summed E-state index contributed by atoms with van der Waals surface area (Å²) in [4.78, 5) is 13.2. The third-order valence-electron chi connectivity index (χ3n) is 4.16. The molecule has 1 saturated heterocycles. The van der Waals surface area contributed by atoms with E-state index in [0.29, 0.717) is 41.8 Å². The second-order valence-electron chi connectivity index (χ2n) is 5.89. The molecule has 1 aliphatic heterocycles. The zero-order chi connectivity index (χ0) is 17.6. The molecule has 0 aliphatic carbocycles. The van der Waals surface area contributed by atoms with Crippen molar-refractivity contribution < 1.29 is 19.4 Å². The van der Waals surface area contributed by atoms with Crippen LogP contribution in [0.2, 0.25) is 5.02 Å². The highest BCUT2D eigenvalue weighted by molar-refractivity contribution is 6.30. The van der Waals surface area contributed by atoms with Gasteiger partial charge >= 0.3 is 5.97 Å². The number of rotatable bonds is 7. The van der Waals surface area contributed by atoms with Gasteiger partial charge in [-0.1, -0.05) is 29.8 Å². The number of likely N-dealkylation sites (tertiary alicyclic amines) is 1. The Bertz CT molecular complexity index is 737. The van der Waals surface area contributed by atoms with E-state index < -0.39 is 12.0 Å². The number of carbonyl (C=O) groups is 1. The number of benzene rings is 2. The van der Waals surface area contributed by atoms with Crippen molar-refractivity contribution in [3.05, 3.63) is 53.6 Å². The summed E-state index contributed by atoms with van der Waals surface area (Å²) >= 11 is 5.98. The molecule has 0 amide bonds. The Hall–Kier alpha value is -2.24. The summed E-state index contributed by atoms with van der Waals surface area (Å²) in [5.74, 6) is 1.09. The number of aliphatic carboxylic acids is 1. The van der Waals surface area contributed by atoms with Crippen molar-refractivity contribution in [1.29, 1.82) is 0 Å². The topological polar surface area (TPSA) is 59.0 Å². The second-order valence-corrected chi connectivity index (χ2v) is 6.32. The zero-order valence-corrected chi connectivity index (χ0v) is 14.5. The summed E-state index contributed by atoms with van der Waals surface area (Å²) < 4.78 is 11.7. The summed E-state index contributed by atoms with van der Waals surface area (Å²) in [6.45, 7) is 1.77. The van der Waals surface area contributed by atoms with Crippen molar-refractivity contribution >= 4 is 17.6 Å². The Labute approximate surface area is 151 Å². The molecule has 6 heteroatoms. The molecule has 0 bridgehead atoms. The minimum absolute atomic E-state index is 0.401. The van der Waals surface area contributed by atoms with Gasteiger partial charge in [-0.15, -0.1) is 0 Å². The highest BCUT2D eigenvalue weighted by Gasteiger charge is 2.29. The van der Waals surface area contributed by atoms with Crippen LogP contribution in [0.1, 0.15) is 12.8 Å². The zero-order valence-electron chi connectivity index (χ0n) is 13.7. The molecule has 132 valence electrons. The first-order chi connectivity index (χ1) is 12.1. The average Bonchev–Trinajstić information content (AvgIpc) is 3.05. The molecular weight excluding hydrogens is 342 g/mol. The smallest absolute Gasteiger partial charge is 0.320 e. The lowest BCUT2D eigenvalue weighted by Crippen LogP contribution is -2.38. The van der Waals surface area contributed by atoms with Gasteiger partial charge in [0.2, 0.25) is 0 Å². The molecule has 1 aliphatic rings. The van der Waals surface area contributed by atoms with Crippen molar-refractivity contribution in [2.75, 3.05) is 19.7 Å². The molecule has 1 heterocycles. The molecular formula is C19H20ClNO4. The van der Waals surface area contributed by atoms with E-state index in [2.05, 4.69) is 0 Å². The Kier molecular flexibility index (Phi) is 5.79. The largest absolute Gasteiger partial charge is 0.488 e. The lowest BCUT2D eigenvalue weighted by atomic mass is 10.2. The van der Waals surface area contributed by atoms with Crippen LogP contribution in [0.4, 0.5) is 0 Å². The van der Waals surface area contributed by atoms with Crippen molar-refractivity contribution in [3.63, 3.8) is 0 Å². The third kappa shape index (κ3) is 4.65. The first kappa shape index (κ1) is 17.6. The maximum Gasteiger partial charge on any atom is 0.320 e. The molecule has 0 saturated carbocycles. The van der Waals surface area contributed by atoms with Gasteiger partial charge in [-0.05, 0) is 49.7 Å². The fraction of sp³-hybridized carbons (Fsp3) is 0.316. The second kappa shape index (κ2) is 8.23. The average molecular weight is 362 g/mol. The molecule has 1 unspecified atom stereocenters. The van der Waals surface area contributed by atoms with Crippen molar-refractivity contribution in [2.24, 2.45) is 0 Å². The summed E-state index contributed by atoms with van der Waals surface area (Å²) in [6, 6.07) is 14.2. The molecule has 1 atom stereocenters. The fourth-order valence-corrected chi connectivity index (χ4v) is 3.14. The predicted octanol–water partition coefficient (Wildman–Crippen LogP) is 4.06. The van der Waals surface area contributed by atoms with E-state index >= 15 is 0 Å². The van der Waals surface area contributed by atoms with Crippen LogP contribution >= 0.6 is 11.6 Å². The number of nitrogens with zero attached hydrogens (tertiary/aromatic N) is 1. The highest BCUT2D eigenvalue weighted by atomic mass is 35.5. The van der Waals surface area contributed by atoms with E-state index in [1.807, 2.05) is 41.3 Å². The normalized spacial score (nSPS) is 17.4. The monoisotopic (exact) mass is 361 g/mol. The van der Waals surface area contributed by atoms with Gasteiger partial charge in [-0.25, -0.2) is 0 Å². The summed E-state index contributed by atoms with van der Waals surface area (Å²) in [5.41, 5.74) is 0. The van der Waals surface area contributed by atoms with Crippen molar-refractivity contribution in [3.8, 4) is 17.2 Å². The maximum absolute atomic E-state index is 11.2. The van der Waals surface area contributed by atoms with Crippen molar-refractivity contribution in [1.82, 2.24) is 4.90 Å². The van der Waals surface area contributed by atoms with Gasteiger partial charge in [0, 0.05) is 11.6 Å². The van der Waals surface area contributed by atoms with E-state index in [9.17, 15) is 9.90 Å². The third-order valence-corrected chi connectivity index (χ3v) is 4.39. The first-order valence-electron chi connectivity index (χ1n) is 8.25. The molecule has 1 fully saturated rings. The van der Waals surface area contributed by atoms with Gasteiger partial charge in [0.15, 0.2) is 11.5 Å². The number of halogens is 1. The van der Waals surface area contributed by atoms with Crippen LogP contribution in [-0.2, 0) is 4.79 Å². The Morgan fingerprint density at radius 1 is 1.20 bits per heavy atom. The Morgan fingerprint density at radius 2 is 2.00 bits per heavy atom. The standard InChI is InChI=1S/C19H20ClNO4/c20-14-5-3-6-15(13-14)25-18-9-2-1-8-17(18)24-12-11-21-10-4-7-16(21)19(22)23/h1-3,5-6,8-9,13,16H,4,7,10-12H2,(H,22,23). The van der Waals surface area contributed by atoms with Crippen LogP contribution in [0.5, 0.6) is 17.2 Å². The Morgan fingerprint density at radius 3 is 2.76 bits per heavy atom. The SMILES string of the molecule is O=C(O)C1CCCN1CCOc1ccccc1Oc1cccc(Cl)c1. The molecule has 5 nitrogen and oxygen atoms in total. The molecule has 25 heavy (non-hydrogen) atoms. The number of carboxylic acids is 1. The molecule has 0 radical (unpaired) electrons. The molecule has 2 aromatic carbocycles. The van der Waals surface area contributed by atoms with E-state index in [1.165, 1.54) is 0 Å². The van der Waals surface area contributed by atoms with Gasteiger partial charge in [-0.2, -0.15) is 0 Å². The first-order valence-corrected chi connectivity index (χ1v) is 8.63. The number of carboxylic acid groups (broad SMARTS) is 1. The van der Waals surface area contributed by atoms with Gasteiger partial charge < -0.3 is 14.6 Å². The van der Waals surface area contributed by atoms with Crippen LogP contribution in [0.3, 0.4) is 0 Å². The number of hydrogen-bond acceptors (Lipinski definition) is 4. The Balaban J connectivity index is 1.60. The van der Waals surface area contributed by atoms with E-state index in [1.54, 1.807) is 12.1 Å². The predicted molar refractivity (Wildman–Crippen MR) is 95.7 cm³/mol. The van der Waals surface area contributed by atoms with E-state index in [4.69, 9.17) is 21.1 Å². The molecule has 3 rings (SSSR count). The van der Waals surface area contributed by atoms with Gasteiger partial charge in [0.1, 0.15) is 18.4 Å². The number of hydrogen-bond donors (Lipinski definition) is 1. The van der Waals surface area contributed by atoms with E-state index in [-0.39, 0.29) is 0 Å². The quantitative estimate of drug-likeness (QED) is 0.805. The van der Waals surface area contributed by atoms with E-state index in [0.717, 1.165) is 13.0 Å². The van der Waals surface area contributed by atoms with Crippen LogP contribution in [0, 0.1) is 0 Å². The molecule has 2 aromatic rings. The minimum Gasteiger partial charge on any atom is -0.488 e. The van der Waals surface area contributed by atoms with Crippen molar-refractivity contribution in [2.45, 2.75) is 18.9 Å². The molecule has 0 spiro atoms.